The van der Waals surface area contributed by atoms with Crippen molar-refractivity contribution in [3.63, 3.8) is 0 Å². The molecule has 1 heteroatoms. The third-order valence-corrected chi connectivity index (χ3v) is 2.45. The number of nitrogens with two attached hydrogens (primary N) is 1. The predicted octanol–water partition coefficient (Wildman–Crippen LogP) is 1.83. The molecule has 0 amide bonds. The summed E-state index contributed by atoms with van der Waals surface area (Å²) in [5.74, 6) is 0.945. The Balaban J connectivity index is 1.92. The van der Waals surface area contributed by atoms with E-state index in [4.69, 9.17) is 5.73 Å². The highest BCUT2D eigenvalue weighted by Crippen LogP contribution is 2.34. The standard InChI is InChI=1S/C9H15N/c10-9-4-3-8(6-9)5-7-1-2-7/h5,7,9H,1-4,6,10H2/b8-5+. The van der Waals surface area contributed by atoms with Crippen LogP contribution in [0.4, 0.5) is 0 Å². The summed E-state index contributed by atoms with van der Waals surface area (Å²) in [7, 11) is 0. The molecule has 0 aromatic heterocycles. The minimum atomic E-state index is 0.477. The fourth-order valence-electron chi connectivity index (χ4n) is 1.66. The van der Waals surface area contributed by atoms with Crippen LogP contribution in [0.2, 0.25) is 0 Å². The maximum absolute atomic E-state index is 5.78. The summed E-state index contributed by atoms with van der Waals surface area (Å²) in [6.45, 7) is 0. The predicted molar refractivity (Wildman–Crippen MR) is 42.6 cm³/mol. The molecule has 2 N–H and O–H groups in total. The molecule has 1 unspecified atom stereocenters. The van der Waals surface area contributed by atoms with Crippen molar-refractivity contribution in [1.82, 2.24) is 0 Å². The van der Waals surface area contributed by atoms with E-state index < -0.39 is 0 Å². The van der Waals surface area contributed by atoms with Gasteiger partial charge in [-0.25, -0.2) is 0 Å². The third-order valence-electron chi connectivity index (χ3n) is 2.45. The molecule has 0 heterocycles. The first kappa shape index (κ1) is 6.41. The van der Waals surface area contributed by atoms with Crippen LogP contribution in [0.25, 0.3) is 0 Å². The molecule has 0 spiro atoms. The maximum atomic E-state index is 5.78. The maximum Gasteiger partial charge on any atom is 0.00791 e. The van der Waals surface area contributed by atoms with Crippen molar-refractivity contribution in [3.8, 4) is 0 Å². The molecule has 0 aliphatic heterocycles. The van der Waals surface area contributed by atoms with E-state index in [1.54, 1.807) is 5.57 Å². The zero-order chi connectivity index (χ0) is 6.97. The Kier molecular flexibility index (Phi) is 1.53. The quantitative estimate of drug-likeness (QED) is 0.548. The molecular formula is C9H15N. The smallest absolute Gasteiger partial charge is 0.00791 e. The van der Waals surface area contributed by atoms with Gasteiger partial charge >= 0.3 is 0 Å². The molecule has 1 nitrogen and oxygen atoms in total. The molecule has 10 heavy (non-hydrogen) atoms. The van der Waals surface area contributed by atoms with E-state index in [0.29, 0.717) is 6.04 Å². The van der Waals surface area contributed by atoms with Crippen LogP contribution >= 0.6 is 0 Å². The van der Waals surface area contributed by atoms with Crippen molar-refractivity contribution >= 4 is 0 Å². The van der Waals surface area contributed by atoms with Gasteiger partial charge in [0, 0.05) is 6.04 Å². The van der Waals surface area contributed by atoms with Crippen molar-refractivity contribution in [1.29, 1.82) is 0 Å². The van der Waals surface area contributed by atoms with E-state index in [1.807, 2.05) is 0 Å². The summed E-state index contributed by atoms with van der Waals surface area (Å²) < 4.78 is 0. The second-order valence-corrected chi connectivity index (χ2v) is 3.67. The van der Waals surface area contributed by atoms with Gasteiger partial charge < -0.3 is 5.73 Å². The molecule has 2 aliphatic rings. The lowest BCUT2D eigenvalue weighted by Crippen LogP contribution is -2.13. The van der Waals surface area contributed by atoms with Gasteiger partial charge in [0.1, 0.15) is 0 Å². The number of hydrogen-bond donors (Lipinski definition) is 1. The van der Waals surface area contributed by atoms with Gasteiger partial charge in [0.15, 0.2) is 0 Å². The second kappa shape index (κ2) is 2.39. The monoisotopic (exact) mass is 137 g/mol. The van der Waals surface area contributed by atoms with E-state index in [-0.39, 0.29) is 0 Å². The number of hydrogen-bond acceptors (Lipinski definition) is 1. The largest absolute Gasteiger partial charge is 0.327 e. The van der Waals surface area contributed by atoms with Crippen molar-refractivity contribution < 1.29 is 0 Å². The molecule has 2 fully saturated rings. The molecular weight excluding hydrogens is 122 g/mol. The van der Waals surface area contributed by atoms with Crippen LogP contribution in [0.15, 0.2) is 11.6 Å². The van der Waals surface area contributed by atoms with Gasteiger partial charge in [-0.15, -0.1) is 0 Å². The van der Waals surface area contributed by atoms with Gasteiger partial charge in [0.05, 0.1) is 0 Å². The first-order valence-electron chi connectivity index (χ1n) is 4.30. The number of rotatable bonds is 1. The molecule has 2 rings (SSSR count). The second-order valence-electron chi connectivity index (χ2n) is 3.67. The zero-order valence-electron chi connectivity index (χ0n) is 6.34. The van der Waals surface area contributed by atoms with Gasteiger partial charge in [0.25, 0.3) is 0 Å². The molecule has 0 radical (unpaired) electrons. The van der Waals surface area contributed by atoms with Gasteiger partial charge in [0.2, 0.25) is 0 Å². The highest BCUT2D eigenvalue weighted by molar-refractivity contribution is 5.13. The van der Waals surface area contributed by atoms with E-state index in [0.717, 1.165) is 5.92 Å². The Labute approximate surface area is 62.3 Å². The fraction of sp³-hybridized carbons (Fsp3) is 0.778. The van der Waals surface area contributed by atoms with E-state index in [1.165, 1.54) is 32.1 Å². The van der Waals surface area contributed by atoms with Crippen LogP contribution in [0.3, 0.4) is 0 Å². The lowest BCUT2D eigenvalue weighted by Gasteiger charge is -1.95. The SMILES string of the molecule is NC1CC/C(=C\C2CC2)C1. The Morgan fingerprint density at radius 2 is 2.10 bits per heavy atom. The third kappa shape index (κ3) is 1.40. The summed E-state index contributed by atoms with van der Waals surface area (Å²) >= 11 is 0. The molecule has 56 valence electrons. The van der Waals surface area contributed by atoms with E-state index in [2.05, 4.69) is 6.08 Å². The lowest BCUT2D eigenvalue weighted by atomic mass is 10.2. The van der Waals surface area contributed by atoms with Crippen molar-refractivity contribution in [3.05, 3.63) is 11.6 Å². The van der Waals surface area contributed by atoms with Gasteiger partial charge in [-0.1, -0.05) is 11.6 Å². The first-order chi connectivity index (χ1) is 4.84. The van der Waals surface area contributed by atoms with Crippen molar-refractivity contribution in [2.75, 3.05) is 0 Å². The topological polar surface area (TPSA) is 26.0 Å². The Hall–Kier alpha value is -0.300. The normalized spacial score (nSPS) is 37.3. The van der Waals surface area contributed by atoms with Crippen LogP contribution < -0.4 is 5.73 Å². The zero-order valence-corrected chi connectivity index (χ0v) is 6.34. The summed E-state index contributed by atoms with van der Waals surface area (Å²) in [6, 6.07) is 0.477. The van der Waals surface area contributed by atoms with Crippen LogP contribution in [0.5, 0.6) is 0 Å². The van der Waals surface area contributed by atoms with Gasteiger partial charge in [-0.3, -0.25) is 0 Å². The van der Waals surface area contributed by atoms with Crippen molar-refractivity contribution in [2.45, 2.75) is 38.1 Å². The molecule has 0 aromatic carbocycles. The van der Waals surface area contributed by atoms with Crippen LogP contribution in [-0.4, -0.2) is 6.04 Å². The summed E-state index contributed by atoms with van der Waals surface area (Å²) in [5.41, 5.74) is 7.41. The fourth-order valence-corrected chi connectivity index (χ4v) is 1.66. The Morgan fingerprint density at radius 3 is 2.60 bits per heavy atom. The van der Waals surface area contributed by atoms with E-state index >= 15 is 0 Å². The van der Waals surface area contributed by atoms with Crippen LogP contribution in [0.1, 0.15) is 32.1 Å². The highest BCUT2D eigenvalue weighted by atomic mass is 14.6. The minimum absolute atomic E-state index is 0.477. The molecule has 1 atom stereocenters. The van der Waals surface area contributed by atoms with Gasteiger partial charge in [-0.05, 0) is 38.0 Å². The van der Waals surface area contributed by atoms with Gasteiger partial charge in [-0.2, -0.15) is 0 Å². The lowest BCUT2D eigenvalue weighted by molar-refractivity contribution is 0.711. The molecule has 0 bridgehead atoms. The average molecular weight is 137 g/mol. The minimum Gasteiger partial charge on any atom is -0.327 e. The van der Waals surface area contributed by atoms with Crippen LogP contribution in [-0.2, 0) is 0 Å². The number of allylic oxidation sites excluding steroid dienone is 1. The van der Waals surface area contributed by atoms with Crippen LogP contribution in [0, 0.1) is 5.92 Å². The summed E-state index contributed by atoms with van der Waals surface area (Å²) in [6.07, 6.45) is 9.00. The average Bonchev–Trinajstić information content (AvgIpc) is 2.59. The van der Waals surface area contributed by atoms with Crippen molar-refractivity contribution in [2.24, 2.45) is 11.7 Å². The molecule has 0 saturated heterocycles. The Morgan fingerprint density at radius 1 is 1.30 bits per heavy atom. The molecule has 2 saturated carbocycles. The summed E-state index contributed by atoms with van der Waals surface area (Å²) in [5, 5.41) is 0. The van der Waals surface area contributed by atoms with E-state index in [9.17, 15) is 0 Å². The highest BCUT2D eigenvalue weighted by Gasteiger charge is 2.22. The molecule has 2 aliphatic carbocycles. The first-order valence-corrected chi connectivity index (χ1v) is 4.30. The summed E-state index contributed by atoms with van der Waals surface area (Å²) in [4.78, 5) is 0. The molecule has 0 aromatic rings. The Bertz CT molecular complexity index is 156.